The van der Waals surface area contributed by atoms with Crippen LogP contribution in [0.1, 0.15) is 35.1 Å². The van der Waals surface area contributed by atoms with E-state index in [1.165, 1.54) is 0 Å². The summed E-state index contributed by atoms with van der Waals surface area (Å²) in [5.41, 5.74) is 4.53. The number of anilines is 1. The minimum Gasteiger partial charge on any atom is -0.379 e. The molecule has 0 spiro atoms. The van der Waals surface area contributed by atoms with Crippen LogP contribution in [0.15, 0.2) is 42.5 Å². The van der Waals surface area contributed by atoms with Gasteiger partial charge < -0.3 is 14.6 Å². The molecule has 4 rings (SSSR count). The van der Waals surface area contributed by atoms with Gasteiger partial charge in [0.25, 0.3) is 5.91 Å². The van der Waals surface area contributed by atoms with E-state index in [1.807, 2.05) is 43.3 Å². The molecule has 6 nitrogen and oxygen atoms in total. The molecule has 1 N–H and O–H groups in total. The van der Waals surface area contributed by atoms with Crippen LogP contribution in [0, 0.1) is 6.92 Å². The standard InChI is InChI=1S/C23H28N4O2/c1-3-9-27-21-8-7-19(24-23(28)18-6-4-5-17(2)14-18)15-20(21)25-22(27)16-26-10-12-29-13-11-26/h4-8,14-15H,3,9-13,16H2,1-2H3,(H,24,28). The number of carbonyl (C=O) groups is 1. The number of hydrogen-bond donors (Lipinski definition) is 1. The highest BCUT2D eigenvalue weighted by molar-refractivity contribution is 6.05. The summed E-state index contributed by atoms with van der Waals surface area (Å²) in [4.78, 5) is 19.9. The lowest BCUT2D eigenvalue weighted by molar-refractivity contribution is 0.0326. The second-order valence-electron chi connectivity index (χ2n) is 7.60. The van der Waals surface area contributed by atoms with Gasteiger partial charge in [-0.1, -0.05) is 24.6 Å². The van der Waals surface area contributed by atoms with Gasteiger partial charge in [-0.15, -0.1) is 0 Å². The first kappa shape index (κ1) is 19.6. The predicted molar refractivity (Wildman–Crippen MR) is 115 cm³/mol. The zero-order chi connectivity index (χ0) is 20.2. The van der Waals surface area contributed by atoms with Crippen molar-refractivity contribution in [3.63, 3.8) is 0 Å². The quantitative estimate of drug-likeness (QED) is 0.692. The van der Waals surface area contributed by atoms with E-state index in [2.05, 4.69) is 27.8 Å². The number of nitrogens with zero attached hydrogens (tertiary/aromatic N) is 3. The number of nitrogens with one attached hydrogen (secondary N) is 1. The van der Waals surface area contributed by atoms with Crippen LogP contribution in [0.3, 0.4) is 0 Å². The van der Waals surface area contributed by atoms with Crippen LogP contribution in [-0.4, -0.2) is 46.7 Å². The second kappa shape index (κ2) is 8.76. The molecular formula is C23H28N4O2. The van der Waals surface area contributed by atoms with E-state index >= 15 is 0 Å². The summed E-state index contributed by atoms with van der Waals surface area (Å²) in [6.45, 7) is 9.36. The number of aromatic nitrogens is 2. The van der Waals surface area contributed by atoms with Crippen molar-refractivity contribution in [3.8, 4) is 0 Å². The first-order chi connectivity index (χ1) is 14.1. The van der Waals surface area contributed by atoms with Crippen molar-refractivity contribution in [2.24, 2.45) is 0 Å². The monoisotopic (exact) mass is 392 g/mol. The van der Waals surface area contributed by atoms with Crippen molar-refractivity contribution < 1.29 is 9.53 Å². The number of ether oxygens (including phenoxy) is 1. The Morgan fingerprint density at radius 2 is 2.00 bits per heavy atom. The molecule has 1 aromatic heterocycles. The average molecular weight is 393 g/mol. The highest BCUT2D eigenvalue weighted by Crippen LogP contribution is 2.23. The van der Waals surface area contributed by atoms with E-state index in [9.17, 15) is 4.79 Å². The van der Waals surface area contributed by atoms with E-state index in [-0.39, 0.29) is 5.91 Å². The molecule has 1 fully saturated rings. The van der Waals surface area contributed by atoms with Gasteiger partial charge in [0.2, 0.25) is 0 Å². The zero-order valence-electron chi connectivity index (χ0n) is 17.1. The molecule has 0 saturated carbocycles. The van der Waals surface area contributed by atoms with E-state index in [4.69, 9.17) is 9.72 Å². The maximum Gasteiger partial charge on any atom is 0.255 e. The Morgan fingerprint density at radius 1 is 1.17 bits per heavy atom. The smallest absolute Gasteiger partial charge is 0.255 e. The highest BCUT2D eigenvalue weighted by atomic mass is 16.5. The number of hydrogen-bond acceptors (Lipinski definition) is 4. The maximum atomic E-state index is 12.6. The summed E-state index contributed by atoms with van der Waals surface area (Å²) < 4.78 is 7.76. The second-order valence-corrected chi connectivity index (χ2v) is 7.60. The summed E-state index contributed by atoms with van der Waals surface area (Å²) in [6.07, 6.45) is 1.05. The molecular weight excluding hydrogens is 364 g/mol. The number of amides is 1. The molecule has 29 heavy (non-hydrogen) atoms. The SMILES string of the molecule is CCCn1c(CN2CCOCC2)nc2cc(NC(=O)c3cccc(C)c3)ccc21. The predicted octanol–water partition coefficient (Wildman–Crippen LogP) is 3.84. The molecule has 0 bridgehead atoms. The van der Waals surface area contributed by atoms with Gasteiger partial charge in [-0.25, -0.2) is 4.98 Å². The van der Waals surface area contributed by atoms with Crippen LogP contribution >= 0.6 is 0 Å². The Hall–Kier alpha value is -2.70. The van der Waals surface area contributed by atoms with Gasteiger partial charge in [-0.05, 0) is 43.7 Å². The molecule has 1 aliphatic heterocycles. The van der Waals surface area contributed by atoms with Crippen LogP contribution in [-0.2, 0) is 17.8 Å². The molecule has 1 aliphatic rings. The fourth-order valence-corrected chi connectivity index (χ4v) is 3.80. The summed E-state index contributed by atoms with van der Waals surface area (Å²) in [5, 5.41) is 3.00. The lowest BCUT2D eigenvalue weighted by Gasteiger charge is -2.26. The highest BCUT2D eigenvalue weighted by Gasteiger charge is 2.17. The summed E-state index contributed by atoms with van der Waals surface area (Å²) in [5.74, 6) is 0.973. The van der Waals surface area contributed by atoms with Gasteiger partial charge in [0, 0.05) is 30.9 Å². The molecule has 152 valence electrons. The molecule has 3 aromatic rings. The van der Waals surface area contributed by atoms with Crippen molar-refractivity contribution in [3.05, 3.63) is 59.4 Å². The fraction of sp³-hybridized carbons (Fsp3) is 0.391. The molecule has 6 heteroatoms. The van der Waals surface area contributed by atoms with Crippen LogP contribution < -0.4 is 5.32 Å². The molecule has 0 radical (unpaired) electrons. The number of aryl methyl sites for hydroxylation is 2. The van der Waals surface area contributed by atoms with E-state index in [1.54, 1.807) is 0 Å². The first-order valence-corrected chi connectivity index (χ1v) is 10.3. The molecule has 1 amide bonds. The largest absolute Gasteiger partial charge is 0.379 e. The zero-order valence-corrected chi connectivity index (χ0v) is 17.1. The number of morpholine rings is 1. The third kappa shape index (κ3) is 4.49. The minimum absolute atomic E-state index is 0.102. The number of rotatable bonds is 6. The Labute approximate surface area is 171 Å². The van der Waals surface area contributed by atoms with Crippen LogP contribution in [0.25, 0.3) is 11.0 Å². The Balaban J connectivity index is 1.58. The third-order valence-electron chi connectivity index (χ3n) is 5.28. The Bertz CT molecular complexity index is 1010. The first-order valence-electron chi connectivity index (χ1n) is 10.3. The Kier molecular flexibility index (Phi) is 5.92. The summed E-state index contributed by atoms with van der Waals surface area (Å²) in [6, 6.07) is 13.6. The normalized spacial score (nSPS) is 15.0. The number of imidazole rings is 1. The molecule has 1 saturated heterocycles. The van der Waals surface area contributed by atoms with Crippen molar-refractivity contribution in [2.45, 2.75) is 33.4 Å². The van der Waals surface area contributed by atoms with E-state index < -0.39 is 0 Å². The molecule has 0 unspecified atom stereocenters. The van der Waals surface area contributed by atoms with Crippen molar-refractivity contribution in [1.82, 2.24) is 14.5 Å². The Morgan fingerprint density at radius 3 is 2.76 bits per heavy atom. The topological polar surface area (TPSA) is 59.4 Å². The minimum atomic E-state index is -0.102. The molecule has 0 aliphatic carbocycles. The summed E-state index contributed by atoms with van der Waals surface area (Å²) in [7, 11) is 0. The lowest BCUT2D eigenvalue weighted by atomic mass is 10.1. The lowest BCUT2D eigenvalue weighted by Crippen LogP contribution is -2.36. The van der Waals surface area contributed by atoms with Gasteiger partial charge in [0.15, 0.2) is 0 Å². The van der Waals surface area contributed by atoms with Crippen molar-refractivity contribution >= 4 is 22.6 Å². The number of carbonyl (C=O) groups excluding carboxylic acids is 1. The van der Waals surface area contributed by atoms with Gasteiger partial charge in [0.05, 0.1) is 30.8 Å². The van der Waals surface area contributed by atoms with Gasteiger partial charge in [-0.2, -0.15) is 0 Å². The van der Waals surface area contributed by atoms with E-state index in [0.717, 1.165) is 73.9 Å². The molecule has 2 aromatic carbocycles. The van der Waals surface area contributed by atoms with Gasteiger partial charge in [0.1, 0.15) is 5.82 Å². The number of benzene rings is 2. The van der Waals surface area contributed by atoms with Crippen LogP contribution in [0.4, 0.5) is 5.69 Å². The van der Waals surface area contributed by atoms with E-state index in [0.29, 0.717) is 5.56 Å². The fourth-order valence-electron chi connectivity index (χ4n) is 3.80. The average Bonchev–Trinajstić information content (AvgIpc) is 3.05. The van der Waals surface area contributed by atoms with Gasteiger partial charge in [-0.3, -0.25) is 9.69 Å². The van der Waals surface area contributed by atoms with Crippen LogP contribution in [0.5, 0.6) is 0 Å². The van der Waals surface area contributed by atoms with Crippen LogP contribution in [0.2, 0.25) is 0 Å². The maximum absolute atomic E-state index is 12.6. The molecule has 2 heterocycles. The molecule has 0 atom stereocenters. The van der Waals surface area contributed by atoms with Crippen molar-refractivity contribution in [1.29, 1.82) is 0 Å². The van der Waals surface area contributed by atoms with Gasteiger partial charge >= 0.3 is 0 Å². The van der Waals surface area contributed by atoms with Crippen molar-refractivity contribution in [2.75, 3.05) is 31.6 Å². The summed E-state index contributed by atoms with van der Waals surface area (Å²) >= 11 is 0. The number of fused-ring (bicyclic) bond motifs is 1. The third-order valence-corrected chi connectivity index (χ3v) is 5.28.